The summed E-state index contributed by atoms with van der Waals surface area (Å²) in [6.07, 6.45) is 4.76. The summed E-state index contributed by atoms with van der Waals surface area (Å²) in [4.78, 5) is 12.7. The van der Waals surface area contributed by atoms with Crippen molar-refractivity contribution in [1.29, 1.82) is 0 Å². The second-order valence-corrected chi connectivity index (χ2v) is 23.5. The molecule has 2 aliphatic heterocycles. The van der Waals surface area contributed by atoms with E-state index in [1.54, 1.807) is 73.2 Å². The van der Waals surface area contributed by atoms with Crippen LogP contribution >= 0.6 is 52.6 Å². The fraction of sp³-hybridized carbons (Fsp3) is 0.333. The molecule has 0 atom stereocenters. The molecule has 0 radical (unpaired) electrons. The predicted molar refractivity (Wildman–Crippen MR) is 272 cm³/mol. The number of aromatic nitrogens is 2. The first-order valence-electron chi connectivity index (χ1n) is 21.8. The standard InChI is InChI=1S/C23H21NPS.C14H15NO2S2.C9H12O3S.C4H9O.CH3F.ClH.K/c1-19-24-20(18-26-19)17-25(21-11-5-2-6-12-21,22-13-7-3-8-14-22)23-15-9-4-10-16-23;1-9-7-12(4-3-11-8-18-10(2)15-11)19-13(9)14-16-5-6-17-14;1-6-5-7(10-2)13-8(6)9-11-3-4-12-9;1-4(2,3)5;1-2;;/h2-16,18H,17H2,1H3;3-4,7-8,14H,5-6H2,1-2H3;5,9H,3-4H2,1-2H3;1-3H3;1H3;1H;/q+1;;;-1;;;+1/p-1/i;;;;1D;;. The van der Waals surface area contributed by atoms with E-state index in [4.69, 9.17) is 30.0 Å². The maximum atomic E-state index is 10.1. The molecule has 3 aromatic carbocycles. The van der Waals surface area contributed by atoms with E-state index in [1.807, 2.05) is 19.9 Å². The minimum atomic E-state index is -1.82. The number of rotatable bonds is 10. The van der Waals surface area contributed by atoms with E-state index in [1.165, 1.54) is 42.5 Å². The number of halogens is 2. The van der Waals surface area contributed by atoms with E-state index >= 15 is 0 Å². The van der Waals surface area contributed by atoms with Gasteiger partial charge in [0.15, 0.2) is 17.6 Å². The Morgan fingerprint density at radius 3 is 1.52 bits per heavy atom. The van der Waals surface area contributed by atoms with Crippen LogP contribution in [0, 0.1) is 27.7 Å². The number of thiazole rings is 2. The Balaban J connectivity index is 0.000000257. The van der Waals surface area contributed by atoms with Gasteiger partial charge in [0.05, 0.1) is 73.2 Å². The van der Waals surface area contributed by atoms with Gasteiger partial charge in [0.25, 0.3) is 0 Å². The molecule has 16 heteroatoms. The molecule has 2 fully saturated rings. The Kier molecular flexibility index (Phi) is 25.7. The van der Waals surface area contributed by atoms with Crippen molar-refractivity contribution in [3.63, 3.8) is 0 Å². The monoisotopic (exact) mass is 1050 g/mol. The summed E-state index contributed by atoms with van der Waals surface area (Å²) >= 11 is 6.71. The fourth-order valence-corrected chi connectivity index (χ4v) is 14.3. The van der Waals surface area contributed by atoms with Crippen molar-refractivity contribution in [3.8, 4) is 5.06 Å². The second kappa shape index (κ2) is 30.0. The summed E-state index contributed by atoms with van der Waals surface area (Å²) in [5, 5.41) is 21.7. The molecule has 6 heterocycles. The predicted octanol–water partition coefficient (Wildman–Crippen LogP) is 5.83. The van der Waals surface area contributed by atoms with Crippen LogP contribution in [0.25, 0.3) is 12.2 Å². The molecule has 0 unspecified atom stereocenters. The largest absolute Gasteiger partial charge is 1.00 e. The van der Waals surface area contributed by atoms with Crippen LogP contribution in [0.2, 0.25) is 0 Å². The van der Waals surface area contributed by atoms with Crippen molar-refractivity contribution in [1.82, 2.24) is 9.97 Å². The molecule has 2 aliphatic rings. The van der Waals surface area contributed by atoms with Gasteiger partial charge in [0.1, 0.15) is 29.3 Å². The van der Waals surface area contributed by atoms with E-state index in [-0.39, 0.29) is 76.4 Å². The number of nitrogens with zero attached hydrogens (tertiary/aromatic N) is 2. The third-order valence-corrected chi connectivity index (χ3v) is 17.9. The van der Waals surface area contributed by atoms with Crippen LogP contribution in [0.3, 0.4) is 0 Å². The summed E-state index contributed by atoms with van der Waals surface area (Å²) in [6, 6.07) is 37.1. The van der Waals surface area contributed by atoms with Gasteiger partial charge in [-0.15, -0.1) is 39.6 Å². The number of benzene rings is 3. The summed E-state index contributed by atoms with van der Waals surface area (Å²) in [5.41, 5.74) is 3.86. The molecule has 7 aromatic rings. The summed E-state index contributed by atoms with van der Waals surface area (Å²) in [5.74, 6) is 0. The van der Waals surface area contributed by atoms with Gasteiger partial charge >= 0.3 is 51.4 Å². The van der Waals surface area contributed by atoms with Crippen LogP contribution < -0.4 is 89.5 Å². The Bertz CT molecular complexity index is 2390. The number of alkyl halides is 1. The molecule has 0 saturated carbocycles. The third-order valence-electron chi connectivity index (χ3n) is 9.49. The van der Waals surface area contributed by atoms with Crippen LogP contribution in [0.5, 0.6) is 5.06 Å². The number of ether oxygens (including phenoxy) is 5. The molecule has 0 N–H and O–H groups in total. The Hall–Kier alpha value is -2.05. The zero-order chi connectivity index (χ0) is 47.5. The normalized spacial score (nSPS) is 13.9. The van der Waals surface area contributed by atoms with Crippen molar-refractivity contribution in [2.24, 2.45) is 0 Å². The molecule has 0 aliphatic carbocycles. The van der Waals surface area contributed by atoms with Crippen molar-refractivity contribution in [3.05, 3.63) is 161 Å². The van der Waals surface area contributed by atoms with E-state index in [0.717, 1.165) is 31.8 Å². The minimum Gasteiger partial charge on any atom is -1.00 e. The van der Waals surface area contributed by atoms with Gasteiger partial charge in [0.2, 0.25) is 0 Å². The number of aryl methyl sites for hydroxylation is 4. The van der Waals surface area contributed by atoms with Crippen molar-refractivity contribution in [2.45, 2.75) is 72.8 Å². The Labute approximate surface area is 463 Å². The molecular weight excluding hydrogens is 989 g/mol. The first-order chi connectivity index (χ1) is 31.7. The van der Waals surface area contributed by atoms with E-state index in [0.29, 0.717) is 26.4 Å². The first-order valence-corrected chi connectivity index (χ1v) is 26.4. The molecule has 0 bridgehead atoms. The average molecular weight is 1050 g/mol. The molecule has 0 spiro atoms. The fourth-order valence-electron chi connectivity index (χ4n) is 6.77. The van der Waals surface area contributed by atoms with E-state index in [9.17, 15) is 9.50 Å². The topological polar surface area (TPSA) is 95.0 Å². The molecule has 4 aromatic heterocycles. The van der Waals surface area contributed by atoms with Crippen molar-refractivity contribution in [2.75, 3.05) is 40.7 Å². The number of hydrogen-bond acceptors (Lipinski definition) is 12. The molecule has 67 heavy (non-hydrogen) atoms. The van der Waals surface area contributed by atoms with Gasteiger partial charge in [-0.2, -0.15) is 0 Å². The van der Waals surface area contributed by atoms with Crippen molar-refractivity contribution < 1.29 is 98.3 Å². The number of methoxy groups -OCH3 is 1. The zero-order valence-electron chi connectivity index (χ0n) is 40.7. The zero-order valence-corrected chi connectivity index (χ0v) is 47.7. The smallest absolute Gasteiger partial charge is 1.00 e. The van der Waals surface area contributed by atoms with Crippen LogP contribution in [-0.2, 0) is 25.1 Å². The molecular formula is C51H60ClFKN2O6PS4. The summed E-state index contributed by atoms with van der Waals surface area (Å²) in [6.45, 7) is 15.9. The van der Waals surface area contributed by atoms with Crippen LogP contribution in [-0.4, -0.2) is 56.3 Å². The summed E-state index contributed by atoms with van der Waals surface area (Å²) in [7, 11) is -1.15. The Morgan fingerprint density at radius 1 is 0.716 bits per heavy atom. The van der Waals surface area contributed by atoms with Gasteiger partial charge < -0.3 is 41.2 Å². The molecule has 2 saturated heterocycles. The van der Waals surface area contributed by atoms with Gasteiger partial charge in [-0.05, 0) is 99.5 Å². The van der Waals surface area contributed by atoms with Gasteiger partial charge in [-0.25, -0.2) is 9.97 Å². The molecule has 8 nitrogen and oxygen atoms in total. The van der Waals surface area contributed by atoms with E-state index in [2.05, 4.69) is 139 Å². The quantitative estimate of drug-likeness (QED) is 0.125. The maximum Gasteiger partial charge on any atom is 1.00 e. The van der Waals surface area contributed by atoms with Crippen molar-refractivity contribution >= 4 is 80.7 Å². The molecule has 354 valence electrons. The first kappa shape index (κ1) is 57.5. The minimum absolute atomic E-state index is 0. The average Bonchev–Trinajstić information content (AvgIpc) is 4.18. The number of thiophene rings is 2. The van der Waals surface area contributed by atoms with E-state index < -0.39 is 20.0 Å². The summed E-state index contributed by atoms with van der Waals surface area (Å²) < 4.78 is 42.6. The number of hydrogen-bond donors (Lipinski definition) is 0. The third kappa shape index (κ3) is 18.3. The SMILES string of the molecule is CC(C)(C)[O-].COc1cc(C)c(C2OCCO2)s1.Cc1nc(C=Cc2cc(C)c(C3OCCO3)s2)cs1.Cc1nc(C[P+](c2ccccc2)(c2ccccc2)c2ccccc2)cs1.[2H]CF.[Cl-].[K+]. The van der Waals surface area contributed by atoms with Gasteiger partial charge in [-0.1, -0.05) is 86.7 Å². The molecule has 9 rings (SSSR count). The van der Waals surface area contributed by atoms with Gasteiger partial charge in [0, 0.05) is 15.6 Å². The van der Waals surface area contributed by atoms with Crippen LogP contribution in [0.15, 0.2) is 114 Å². The molecule has 0 amide bonds. The second-order valence-electron chi connectivity index (χ2n) is 15.7. The van der Waals surface area contributed by atoms with Gasteiger partial charge in [-0.3, -0.25) is 4.39 Å². The maximum absolute atomic E-state index is 10.1. The van der Waals surface area contributed by atoms with Crippen LogP contribution in [0.4, 0.5) is 4.39 Å². The van der Waals surface area contributed by atoms with Crippen LogP contribution in [0.1, 0.15) is 81.9 Å². The Morgan fingerprint density at radius 2 is 1.13 bits per heavy atom.